The summed E-state index contributed by atoms with van der Waals surface area (Å²) in [4.78, 5) is 0. The summed E-state index contributed by atoms with van der Waals surface area (Å²) in [6.07, 6.45) is 0. The van der Waals surface area contributed by atoms with Crippen LogP contribution in [-0.2, 0) is 0 Å². The zero-order valence-electron chi connectivity index (χ0n) is 12.2. The van der Waals surface area contributed by atoms with E-state index in [1.54, 1.807) is 24.3 Å². The monoisotopic (exact) mass is 291 g/mol. The summed E-state index contributed by atoms with van der Waals surface area (Å²) in [5.41, 5.74) is 8.56. The minimum Gasteiger partial charge on any atom is -0.537 e. The highest BCUT2D eigenvalue weighted by molar-refractivity contribution is 6.17. The third kappa shape index (κ3) is 4.68. The molecule has 0 heterocycles. The van der Waals surface area contributed by atoms with E-state index in [1.807, 2.05) is 12.1 Å². The molecule has 0 amide bonds. The van der Waals surface area contributed by atoms with E-state index in [0.29, 0.717) is 11.4 Å². The summed E-state index contributed by atoms with van der Waals surface area (Å²) >= 11 is 0. The van der Waals surface area contributed by atoms with Crippen LogP contribution >= 0.6 is 0 Å². The van der Waals surface area contributed by atoms with E-state index < -0.39 is 0 Å². The number of rotatable bonds is 3. The van der Waals surface area contributed by atoms with Crippen molar-refractivity contribution in [1.29, 1.82) is 0 Å². The van der Waals surface area contributed by atoms with Crippen LogP contribution in [-0.4, -0.2) is 12.7 Å². The molecule has 0 spiro atoms. The maximum Gasteiger partial charge on any atom is 0.504 e. The summed E-state index contributed by atoms with van der Waals surface area (Å²) in [5, 5.41) is 8.37. The number of nitrogens with two attached hydrogens (primary N) is 1. The lowest BCUT2D eigenvalue weighted by atomic mass is 10.1. The quantitative estimate of drug-likeness (QED) is 0.575. The molecule has 3 aromatic carbocycles. The largest absolute Gasteiger partial charge is 0.537 e. The minimum absolute atomic E-state index is 0.339. The van der Waals surface area contributed by atoms with Crippen molar-refractivity contribution in [2.24, 2.45) is 0 Å². The second kappa shape index (κ2) is 8.54. The van der Waals surface area contributed by atoms with E-state index >= 15 is 0 Å². The van der Waals surface area contributed by atoms with Crippen LogP contribution in [0.2, 0.25) is 0 Å². The molecule has 3 rings (SSSR count). The second-order valence-electron chi connectivity index (χ2n) is 4.54. The summed E-state index contributed by atoms with van der Waals surface area (Å²) < 4.78 is 4.77. The highest BCUT2D eigenvalue weighted by Crippen LogP contribution is 2.18. The van der Waals surface area contributed by atoms with Crippen molar-refractivity contribution >= 4 is 13.4 Å². The molecule has 0 unspecified atom stereocenters. The van der Waals surface area contributed by atoms with Crippen molar-refractivity contribution in [2.45, 2.75) is 0 Å². The normalized spacial score (nSPS) is 9.32. The predicted octanol–water partition coefficient (Wildman–Crippen LogP) is 3.26. The Balaban J connectivity index is 0.000000164. The van der Waals surface area contributed by atoms with Crippen LogP contribution in [0.3, 0.4) is 0 Å². The Morgan fingerprint density at radius 3 is 1.59 bits per heavy atom. The van der Waals surface area contributed by atoms with Crippen molar-refractivity contribution in [3.8, 4) is 16.9 Å². The molecule has 0 radical (unpaired) electrons. The maximum absolute atomic E-state index is 8.37. The first kappa shape index (κ1) is 15.7. The zero-order valence-corrected chi connectivity index (χ0v) is 12.2. The summed E-state index contributed by atoms with van der Waals surface area (Å²) in [7, 11) is -0.339. The highest BCUT2D eigenvalue weighted by Gasteiger charge is 1.95. The van der Waals surface area contributed by atoms with Crippen molar-refractivity contribution in [2.75, 3.05) is 5.73 Å². The van der Waals surface area contributed by atoms with E-state index in [4.69, 9.17) is 15.4 Å². The molecule has 0 aliphatic rings. The fraction of sp³-hybridized carbons (Fsp3) is 0. The molecule has 0 aliphatic heterocycles. The lowest BCUT2D eigenvalue weighted by Gasteiger charge is -2.03. The molecule has 0 bridgehead atoms. The van der Waals surface area contributed by atoms with Gasteiger partial charge in [-0.25, -0.2) is 0 Å². The third-order valence-corrected chi connectivity index (χ3v) is 3.02. The van der Waals surface area contributed by atoms with E-state index in [1.165, 1.54) is 11.1 Å². The van der Waals surface area contributed by atoms with Gasteiger partial charge in [0.2, 0.25) is 0 Å². The highest BCUT2D eigenvalue weighted by atomic mass is 16.5. The molecule has 4 heteroatoms. The average molecular weight is 291 g/mol. The van der Waals surface area contributed by atoms with Gasteiger partial charge in [0.15, 0.2) is 0 Å². The SMILES string of the molecule is Nc1ccccc1OBO.c1ccc(-c2ccccc2)cc1. The average Bonchev–Trinajstić information content (AvgIpc) is 2.59. The maximum atomic E-state index is 8.37. The number of para-hydroxylation sites is 2. The smallest absolute Gasteiger partial charge is 0.504 e. The molecule has 0 atom stereocenters. The van der Waals surface area contributed by atoms with Crippen LogP contribution in [0.1, 0.15) is 0 Å². The number of nitrogen functional groups attached to an aromatic ring is 1. The molecule has 0 aromatic heterocycles. The summed E-state index contributed by atoms with van der Waals surface area (Å²) in [5.74, 6) is 0.519. The Morgan fingerprint density at radius 2 is 1.14 bits per heavy atom. The molecule has 0 saturated heterocycles. The van der Waals surface area contributed by atoms with Crippen molar-refractivity contribution in [3.05, 3.63) is 84.9 Å². The Kier molecular flexibility index (Phi) is 6.09. The summed E-state index contributed by atoms with van der Waals surface area (Å²) in [6.45, 7) is 0. The molecular formula is C18H18BNO2. The lowest BCUT2D eigenvalue weighted by molar-refractivity contribution is 0.455. The molecule has 0 aliphatic carbocycles. The Bertz CT molecular complexity index is 637. The van der Waals surface area contributed by atoms with Gasteiger partial charge in [0, 0.05) is 0 Å². The van der Waals surface area contributed by atoms with Crippen LogP contribution in [0.15, 0.2) is 84.9 Å². The molecular weight excluding hydrogens is 273 g/mol. The first-order chi connectivity index (χ1) is 10.8. The van der Waals surface area contributed by atoms with E-state index in [-0.39, 0.29) is 7.69 Å². The molecule has 110 valence electrons. The fourth-order valence-corrected chi connectivity index (χ4v) is 1.94. The number of hydrogen-bond donors (Lipinski definition) is 2. The summed E-state index contributed by atoms with van der Waals surface area (Å²) in [6, 6.07) is 27.8. The van der Waals surface area contributed by atoms with Crippen LogP contribution in [0.25, 0.3) is 11.1 Å². The van der Waals surface area contributed by atoms with Gasteiger partial charge in [0.25, 0.3) is 0 Å². The molecule has 3 nitrogen and oxygen atoms in total. The number of anilines is 1. The van der Waals surface area contributed by atoms with Gasteiger partial charge in [-0.05, 0) is 23.3 Å². The van der Waals surface area contributed by atoms with Gasteiger partial charge in [-0.3, -0.25) is 0 Å². The van der Waals surface area contributed by atoms with Crippen molar-refractivity contribution in [1.82, 2.24) is 0 Å². The van der Waals surface area contributed by atoms with Gasteiger partial charge in [0.05, 0.1) is 5.69 Å². The Labute approximate surface area is 131 Å². The van der Waals surface area contributed by atoms with Gasteiger partial charge >= 0.3 is 7.69 Å². The van der Waals surface area contributed by atoms with Gasteiger partial charge in [-0.15, -0.1) is 0 Å². The minimum atomic E-state index is -0.339. The van der Waals surface area contributed by atoms with Crippen LogP contribution in [0.4, 0.5) is 5.69 Å². The van der Waals surface area contributed by atoms with Crippen LogP contribution < -0.4 is 10.4 Å². The van der Waals surface area contributed by atoms with Crippen LogP contribution in [0, 0.1) is 0 Å². The first-order valence-corrected chi connectivity index (χ1v) is 7.00. The van der Waals surface area contributed by atoms with Gasteiger partial charge < -0.3 is 15.4 Å². The standard InChI is InChI=1S/C12H10.C6H8BNO2/c1-3-7-11(8-4-1)12-9-5-2-6-10-12;8-5-3-1-2-4-6(5)10-7-9/h1-10H;1-4,7,9H,8H2. The van der Waals surface area contributed by atoms with Crippen LogP contribution in [0.5, 0.6) is 5.75 Å². The molecule has 3 N–H and O–H groups in total. The molecule has 3 aromatic rings. The number of benzene rings is 3. The van der Waals surface area contributed by atoms with Crippen molar-refractivity contribution < 1.29 is 9.68 Å². The number of hydrogen-bond acceptors (Lipinski definition) is 3. The predicted molar refractivity (Wildman–Crippen MR) is 92.7 cm³/mol. The van der Waals surface area contributed by atoms with Crippen molar-refractivity contribution in [3.63, 3.8) is 0 Å². The topological polar surface area (TPSA) is 55.5 Å². The molecule has 0 fully saturated rings. The van der Waals surface area contributed by atoms with E-state index in [0.717, 1.165) is 0 Å². The Morgan fingerprint density at radius 1 is 0.682 bits per heavy atom. The lowest BCUT2D eigenvalue weighted by Crippen LogP contribution is -2.01. The Hall–Kier alpha value is -2.72. The first-order valence-electron chi connectivity index (χ1n) is 7.00. The molecule has 0 saturated carbocycles. The van der Waals surface area contributed by atoms with Gasteiger partial charge in [-0.2, -0.15) is 0 Å². The van der Waals surface area contributed by atoms with E-state index in [2.05, 4.69) is 48.5 Å². The van der Waals surface area contributed by atoms with Gasteiger partial charge in [-0.1, -0.05) is 72.8 Å². The van der Waals surface area contributed by atoms with Gasteiger partial charge in [0.1, 0.15) is 5.75 Å². The molecule has 22 heavy (non-hydrogen) atoms. The third-order valence-electron chi connectivity index (χ3n) is 3.02. The second-order valence-corrected chi connectivity index (χ2v) is 4.54. The van der Waals surface area contributed by atoms with E-state index in [9.17, 15) is 0 Å². The zero-order chi connectivity index (χ0) is 15.6. The fourth-order valence-electron chi connectivity index (χ4n) is 1.94.